The van der Waals surface area contributed by atoms with E-state index in [1.165, 1.54) is 32.1 Å². The Bertz CT molecular complexity index is 273. The van der Waals surface area contributed by atoms with Crippen LogP contribution in [0.5, 0.6) is 0 Å². The van der Waals surface area contributed by atoms with Gasteiger partial charge in [0.1, 0.15) is 0 Å². The molecule has 4 atom stereocenters. The molecule has 0 aromatic carbocycles. The van der Waals surface area contributed by atoms with Crippen LogP contribution in [0.4, 0.5) is 0 Å². The van der Waals surface area contributed by atoms with Crippen LogP contribution in [0.3, 0.4) is 0 Å². The third kappa shape index (κ3) is 18.4. The van der Waals surface area contributed by atoms with Gasteiger partial charge in [-0.1, -0.05) is 39.0 Å². The predicted molar refractivity (Wildman–Crippen MR) is 102 cm³/mol. The van der Waals surface area contributed by atoms with E-state index < -0.39 is 6.10 Å². The molecule has 0 aliphatic carbocycles. The number of hydrogen-bond donors (Lipinski definition) is 1. The summed E-state index contributed by atoms with van der Waals surface area (Å²) in [5.74, 6) is 0. The van der Waals surface area contributed by atoms with Crippen LogP contribution in [0.15, 0.2) is 0 Å². The molecule has 152 valence electrons. The van der Waals surface area contributed by atoms with E-state index in [4.69, 9.17) is 18.9 Å². The van der Waals surface area contributed by atoms with Gasteiger partial charge in [-0.05, 0) is 34.1 Å². The van der Waals surface area contributed by atoms with E-state index >= 15 is 0 Å². The van der Waals surface area contributed by atoms with Gasteiger partial charge in [-0.15, -0.1) is 0 Å². The van der Waals surface area contributed by atoms with Crippen molar-refractivity contribution < 1.29 is 24.1 Å². The molecule has 0 aliphatic rings. The molecule has 25 heavy (non-hydrogen) atoms. The van der Waals surface area contributed by atoms with Crippen LogP contribution in [-0.2, 0) is 18.9 Å². The van der Waals surface area contributed by atoms with Crippen molar-refractivity contribution in [3.05, 3.63) is 0 Å². The Morgan fingerprint density at radius 3 is 1.68 bits per heavy atom. The van der Waals surface area contributed by atoms with E-state index in [0.29, 0.717) is 26.4 Å². The van der Waals surface area contributed by atoms with Gasteiger partial charge in [0.15, 0.2) is 0 Å². The molecule has 0 radical (unpaired) electrons. The zero-order valence-electron chi connectivity index (χ0n) is 17.2. The fourth-order valence-electron chi connectivity index (χ4n) is 2.28. The molecular weight excluding hydrogens is 320 g/mol. The molecule has 0 aliphatic heterocycles. The number of unbranched alkanes of at least 4 members (excludes halogenated alkanes) is 5. The van der Waals surface area contributed by atoms with Gasteiger partial charge in [0.2, 0.25) is 0 Å². The Balaban J connectivity index is 3.47. The van der Waals surface area contributed by atoms with Crippen LogP contribution in [0, 0.1) is 0 Å². The van der Waals surface area contributed by atoms with Crippen LogP contribution in [0.25, 0.3) is 0 Å². The molecule has 0 saturated carbocycles. The van der Waals surface area contributed by atoms with Crippen LogP contribution in [0.2, 0.25) is 0 Å². The summed E-state index contributed by atoms with van der Waals surface area (Å²) in [6, 6.07) is 0. The summed E-state index contributed by atoms with van der Waals surface area (Å²) in [5.41, 5.74) is 0. The lowest BCUT2D eigenvalue weighted by molar-refractivity contribution is -0.0867. The lowest BCUT2D eigenvalue weighted by atomic mass is 10.1. The molecule has 0 bridgehead atoms. The Labute approximate surface area is 155 Å². The SMILES string of the molecule is CCCCCCCCOCC(C)OCC(C)OCC(C)OCC(C)O. The van der Waals surface area contributed by atoms with Crippen LogP contribution < -0.4 is 0 Å². The zero-order chi connectivity index (χ0) is 18.9. The Kier molecular flexibility index (Phi) is 17.1. The quantitative estimate of drug-likeness (QED) is 0.374. The molecule has 0 fully saturated rings. The second-order valence-electron chi connectivity index (χ2n) is 7.12. The van der Waals surface area contributed by atoms with Crippen molar-refractivity contribution in [2.24, 2.45) is 0 Å². The first-order chi connectivity index (χ1) is 12.0. The molecule has 4 unspecified atom stereocenters. The van der Waals surface area contributed by atoms with Crippen molar-refractivity contribution >= 4 is 0 Å². The number of rotatable bonds is 18. The largest absolute Gasteiger partial charge is 0.391 e. The topological polar surface area (TPSA) is 57.2 Å². The number of aliphatic hydroxyl groups is 1. The summed E-state index contributed by atoms with van der Waals surface area (Å²) in [7, 11) is 0. The van der Waals surface area contributed by atoms with Crippen molar-refractivity contribution in [1.29, 1.82) is 0 Å². The second kappa shape index (κ2) is 17.2. The highest BCUT2D eigenvalue weighted by atomic mass is 16.6. The molecule has 1 N–H and O–H groups in total. The molecule has 5 heteroatoms. The summed E-state index contributed by atoms with van der Waals surface area (Å²) in [6.45, 7) is 12.7. The molecule has 0 spiro atoms. The summed E-state index contributed by atoms with van der Waals surface area (Å²) in [6.07, 6.45) is 7.31. The Morgan fingerprint density at radius 2 is 1.12 bits per heavy atom. The van der Waals surface area contributed by atoms with Gasteiger partial charge in [-0.2, -0.15) is 0 Å². The van der Waals surface area contributed by atoms with Gasteiger partial charge in [0.25, 0.3) is 0 Å². The van der Waals surface area contributed by atoms with E-state index in [9.17, 15) is 5.11 Å². The number of ether oxygens (including phenoxy) is 4. The van der Waals surface area contributed by atoms with Gasteiger partial charge in [-0.3, -0.25) is 0 Å². The lowest BCUT2D eigenvalue weighted by Gasteiger charge is -2.20. The molecule has 0 aromatic rings. The van der Waals surface area contributed by atoms with E-state index in [0.717, 1.165) is 13.0 Å². The summed E-state index contributed by atoms with van der Waals surface area (Å²) < 4.78 is 22.6. The average molecular weight is 363 g/mol. The van der Waals surface area contributed by atoms with Crippen molar-refractivity contribution in [2.45, 2.75) is 97.6 Å². The first kappa shape index (κ1) is 24.8. The van der Waals surface area contributed by atoms with Crippen molar-refractivity contribution in [3.8, 4) is 0 Å². The lowest BCUT2D eigenvalue weighted by Crippen LogP contribution is -2.27. The smallest absolute Gasteiger partial charge is 0.0781 e. The van der Waals surface area contributed by atoms with Crippen molar-refractivity contribution in [2.75, 3.05) is 33.0 Å². The minimum Gasteiger partial charge on any atom is -0.391 e. The van der Waals surface area contributed by atoms with E-state index in [2.05, 4.69) is 6.92 Å². The molecule has 0 rings (SSSR count). The summed E-state index contributed by atoms with van der Waals surface area (Å²) in [4.78, 5) is 0. The first-order valence-corrected chi connectivity index (χ1v) is 10.1. The number of hydrogen-bond acceptors (Lipinski definition) is 5. The highest BCUT2D eigenvalue weighted by Crippen LogP contribution is 2.05. The van der Waals surface area contributed by atoms with Gasteiger partial charge in [-0.25, -0.2) is 0 Å². The summed E-state index contributed by atoms with van der Waals surface area (Å²) >= 11 is 0. The minimum absolute atomic E-state index is 0.0126. The molecule has 0 saturated heterocycles. The van der Waals surface area contributed by atoms with Gasteiger partial charge < -0.3 is 24.1 Å². The van der Waals surface area contributed by atoms with E-state index in [1.807, 2.05) is 20.8 Å². The van der Waals surface area contributed by atoms with E-state index in [-0.39, 0.29) is 18.3 Å². The predicted octanol–water partition coefficient (Wildman–Crippen LogP) is 3.96. The first-order valence-electron chi connectivity index (χ1n) is 10.1. The maximum absolute atomic E-state index is 9.18. The third-order valence-corrected chi connectivity index (χ3v) is 3.85. The minimum atomic E-state index is -0.444. The fraction of sp³-hybridized carbons (Fsp3) is 1.00. The summed E-state index contributed by atoms with van der Waals surface area (Å²) in [5, 5.41) is 9.18. The zero-order valence-corrected chi connectivity index (χ0v) is 17.2. The van der Waals surface area contributed by atoms with E-state index in [1.54, 1.807) is 6.92 Å². The van der Waals surface area contributed by atoms with Gasteiger partial charge in [0, 0.05) is 6.61 Å². The maximum atomic E-state index is 9.18. The van der Waals surface area contributed by atoms with Crippen molar-refractivity contribution in [1.82, 2.24) is 0 Å². The normalized spacial score (nSPS) is 16.6. The molecule has 5 nitrogen and oxygen atoms in total. The monoisotopic (exact) mass is 362 g/mol. The van der Waals surface area contributed by atoms with Gasteiger partial charge in [0.05, 0.1) is 50.8 Å². The molecule has 0 heterocycles. The van der Waals surface area contributed by atoms with Crippen LogP contribution in [-0.4, -0.2) is 62.6 Å². The standard InChI is InChI=1S/C20H42O5/c1-6-7-8-9-10-11-12-22-14-18(3)24-16-20(5)25-15-19(4)23-13-17(2)21/h17-21H,6-16H2,1-5H3. The van der Waals surface area contributed by atoms with Crippen molar-refractivity contribution in [3.63, 3.8) is 0 Å². The maximum Gasteiger partial charge on any atom is 0.0781 e. The fourth-order valence-corrected chi connectivity index (χ4v) is 2.28. The van der Waals surface area contributed by atoms with Crippen LogP contribution >= 0.6 is 0 Å². The Morgan fingerprint density at radius 1 is 0.640 bits per heavy atom. The molecular formula is C20H42O5. The van der Waals surface area contributed by atoms with Gasteiger partial charge >= 0.3 is 0 Å². The molecule has 0 aromatic heterocycles. The second-order valence-corrected chi connectivity index (χ2v) is 7.12. The Hall–Kier alpha value is -0.200. The third-order valence-electron chi connectivity index (χ3n) is 3.85. The van der Waals surface area contributed by atoms with Crippen LogP contribution in [0.1, 0.15) is 73.1 Å². The average Bonchev–Trinajstić information content (AvgIpc) is 2.58. The highest BCUT2D eigenvalue weighted by molar-refractivity contribution is 4.56. The number of aliphatic hydroxyl groups excluding tert-OH is 1. The molecule has 0 amide bonds. The highest BCUT2D eigenvalue weighted by Gasteiger charge is 2.10.